The summed E-state index contributed by atoms with van der Waals surface area (Å²) in [5.74, 6) is -0.0631. The lowest BCUT2D eigenvalue weighted by Gasteiger charge is -2.07. The van der Waals surface area contributed by atoms with Gasteiger partial charge in [0.2, 0.25) is 5.91 Å². The number of fused-ring (bicyclic) bond motifs is 1. The maximum absolute atomic E-state index is 11.4. The molecule has 4 nitrogen and oxygen atoms in total. The predicted octanol–water partition coefficient (Wildman–Crippen LogP) is 1.52. The van der Waals surface area contributed by atoms with E-state index in [4.69, 9.17) is 5.73 Å². The fraction of sp³-hybridized carbons (Fsp3) is 0.167. The molecule has 1 amide bonds. The average Bonchev–Trinajstić information content (AvgIpc) is 2.30. The van der Waals surface area contributed by atoms with Crippen molar-refractivity contribution < 1.29 is 4.79 Å². The van der Waals surface area contributed by atoms with Gasteiger partial charge in [-0.2, -0.15) is 0 Å². The Labute approximate surface area is 93.5 Å². The smallest absolute Gasteiger partial charge is 0.225 e. The molecule has 16 heavy (non-hydrogen) atoms. The van der Waals surface area contributed by atoms with E-state index in [1.54, 1.807) is 12.4 Å². The lowest BCUT2D eigenvalue weighted by molar-refractivity contribution is -0.116. The number of benzene rings is 1. The average molecular weight is 215 g/mol. The van der Waals surface area contributed by atoms with Crippen LogP contribution in [0.1, 0.15) is 6.42 Å². The second kappa shape index (κ2) is 4.72. The molecule has 3 N–H and O–H groups in total. The first-order chi connectivity index (χ1) is 7.81. The number of nitrogens with one attached hydrogen (secondary N) is 1. The molecule has 0 saturated carbocycles. The molecule has 0 saturated heterocycles. The van der Waals surface area contributed by atoms with Crippen molar-refractivity contribution in [2.45, 2.75) is 6.42 Å². The van der Waals surface area contributed by atoms with Crippen LogP contribution in [0.2, 0.25) is 0 Å². The fourth-order valence-corrected chi connectivity index (χ4v) is 1.58. The van der Waals surface area contributed by atoms with Gasteiger partial charge >= 0.3 is 0 Å². The minimum Gasteiger partial charge on any atom is -0.330 e. The second-order valence-corrected chi connectivity index (χ2v) is 3.49. The van der Waals surface area contributed by atoms with Crippen molar-refractivity contribution in [2.24, 2.45) is 5.73 Å². The van der Waals surface area contributed by atoms with E-state index < -0.39 is 0 Å². The molecular weight excluding hydrogens is 202 g/mol. The van der Waals surface area contributed by atoms with Gasteiger partial charge in [0.05, 0.1) is 0 Å². The molecule has 4 heteroatoms. The molecule has 2 rings (SSSR count). The zero-order valence-electron chi connectivity index (χ0n) is 8.81. The summed E-state index contributed by atoms with van der Waals surface area (Å²) in [6.07, 6.45) is 3.82. The first-order valence-electron chi connectivity index (χ1n) is 5.14. The molecular formula is C12H13N3O. The molecule has 0 aliphatic heterocycles. The van der Waals surface area contributed by atoms with Crippen molar-refractivity contribution in [3.8, 4) is 0 Å². The Morgan fingerprint density at radius 1 is 1.38 bits per heavy atom. The highest BCUT2D eigenvalue weighted by molar-refractivity contribution is 6.01. The highest BCUT2D eigenvalue weighted by atomic mass is 16.1. The molecule has 1 aromatic heterocycles. The van der Waals surface area contributed by atoms with E-state index in [1.807, 2.05) is 24.3 Å². The first kappa shape index (κ1) is 10.6. The van der Waals surface area contributed by atoms with E-state index in [0.29, 0.717) is 13.0 Å². The summed E-state index contributed by atoms with van der Waals surface area (Å²) in [5, 5.41) is 4.84. The van der Waals surface area contributed by atoms with Gasteiger partial charge in [-0.05, 0) is 12.1 Å². The van der Waals surface area contributed by atoms with E-state index in [-0.39, 0.29) is 5.91 Å². The molecule has 0 unspecified atom stereocenters. The standard InChI is InChI=1S/C12H13N3O/c13-6-4-12(16)15-11-3-1-2-9-8-14-7-5-10(9)11/h1-3,5,7-8H,4,6,13H2,(H,15,16). The highest BCUT2D eigenvalue weighted by Gasteiger charge is 2.04. The molecule has 0 aliphatic carbocycles. The van der Waals surface area contributed by atoms with Crippen molar-refractivity contribution >= 4 is 22.4 Å². The predicted molar refractivity (Wildman–Crippen MR) is 64.0 cm³/mol. The van der Waals surface area contributed by atoms with Crippen molar-refractivity contribution in [3.63, 3.8) is 0 Å². The zero-order chi connectivity index (χ0) is 11.4. The highest BCUT2D eigenvalue weighted by Crippen LogP contribution is 2.21. The lowest BCUT2D eigenvalue weighted by Crippen LogP contribution is -2.16. The SMILES string of the molecule is NCCC(=O)Nc1cccc2cnccc12. The number of nitrogens with zero attached hydrogens (tertiary/aromatic N) is 1. The fourth-order valence-electron chi connectivity index (χ4n) is 1.58. The van der Waals surface area contributed by atoms with Gasteiger partial charge in [-0.3, -0.25) is 9.78 Å². The molecule has 0 fully saturated rings. The summed E-state index contributed by atoms with van der Waals surface area (Å²) < 4.78 is 0. The number of nitrogens with two attached hydrogens (primary N) is 1. The van der Waals surface area contributed by atoms with Gasteiger partial charge in [0, 0.05) is 41.8 Å². The minimum absolute atomic E-state index is 0.0631. The zero-order valence-corrected chi connectivity index (χ0v) is 8.81. The van der Waals surface area contributed by atoms with Crippen LogP contribution >= 0.6 is 0 Å². The van der Waals surface area contributed by atoms with Crippen LogP contribution in [0.15, 0.2) is 36.7 Å². The number of aromatic nitrogens is 1. The Morgan fingerprint density at radius 2 is 2.25 bits per heavy atom. The normalized spacial score (nSPS) is 10.3. The molecule has 2 aromatic rings. The summed E-state index contributed by atoms with van der Waals surface area (Å²) >= 11 is 0. The van der Waals surface area contributed by atoms with Gasteiger partial charge in [0.1, 0.15) is 0 Å². The number of hydrogen-bond acceptors (Lipinski definition) is 3. The van der Waals surface area contributed by atoms with Crippen molar-refractivity contribution in [1.82, 2.24) is 4.98 Å². The van der Waals surface area contributed by atoms with Crippen LogP contribution in [0.25, 0.3) is 10.8 Å². The van der Waals surface area contributed by atoms with Crippen LogP contribution in [-0.2, 0) is 4.79 Å². The van der Waals surface area contributed by atoms with E-state index >= 15 is 0 Å². The van der Waals surface area contributed by atoms with Crippen LogP contribution in [0.3, 0.4) is 0 Å². The molecule has 1 heterocycles. The van der Waals surface area contributed by atoms with Crippen LogP contribution in [0, 0.1) is 0 Å². The van der Waals surface area contributed by atoms with Crippen LogP contribution in [-0.4, -0.2) is 17.4 Å². The molecule has 0 aliphatic rings. The van der Waals surface area contributed by atoms with Gasteiger partial charge < -0.3 is 11.1 Å². The first-order valence-corrected chi connectivity index (χ1v) is 5.14. The van der Waals surface area contributed by atoms with Gasteiger partial charge in [0.15, 0.2) is 0 Å². The maximum Gasteiger partial charge on any atom is 0.225 e. The van der Waals surface area contributed by atoms with Gasteiger partial charge in [-0.25, -0.2) is 0 Å². The third-order valence-electron chi connectivity index (χ3n) is 2.33. The Hall–Kier alpha value is -1.94. The van der Waals surface area contributed by atoms with Crippen LogP contribution in [0.5, 0.6) is 0 Å². The topological polar surface area (TPSA) is 68.0 Å². The van der Waals surface area contributed by atoms with Crippen molar-refractivity contribution in [2.75, 3.05) is 11.9 Å². The molecule has 0 spiro atoms. The van der Waals surface area contributed by atoms with Crippen molar-refractivity contribution in [3.05, 3.63) is 36.7 Å². The number of rotatable bonds is 3. The summed E-state index contributed by atoms with van der Waals surface area (Å²) in [4.78, 5) is 15.5. The van der Waals surface area contributed by atoms with Gasteiger partial charge in [-0.15, -0.1) is 0 Å². The molecule has 1 aromatic carbocycles. The number of hydrogen-bond donors (Lipinski definition) is 2. The van der Waals surface area contributed by atoms with Crippen LogP contribution in [0.4, 0.5) is 5.69 Å². The Bertz CT molecular complexity index is 505. The van der Waals surface area contributed by atoms with E-state index in [0.717, 1.165) is 16.5 Å². The van der Waals surface area contributed by atoms with Gasteiger partial charge in [0.25, 0.3) is 0 Å². The molecule has 82 valence electrons. The second-order valence-electron chi connectivity index (χ2n) is 3.49. The Kier molecular flexibility index (Phi) is 3.12. The molecule has 0 atom stereocenters. The van der Waals surface area contributed by atoms with E-state index in [2.05, 4.69) is 10.3 Å². The number of anilines is 1. The summed E-state index contributed by atoms with van der Waals surface area (Å²) in [7, 11) is 0. The summed E-state index contributed by atoms with van der Waals surface area (Å²) in [6, 6.07) is 7.60. The van der Waals surface area contributed by atoms with E-state index in [9.17, 15) is 4.79 Å². The third-order valence-corrected chi connectivity index (χ3v) is 2.33. The number of amides is 1. The maximum atomic E-state index is 11.4. The Morgan fingerprint density at radius 3 is 3.06 bits per heavy atom. The third kappa shape index (κ3) is 2.17. The van der Waals surface area contributed by atoms with Crippen LogP contribution < -0.4 is 11.1 Å². The molecule has 0 radical (unpaired) electrons. The lowest BCUT2D eigenvalue weighted by atomic mass is 10.1. The van der Waals surface area contributed by atoms with E-state index in [1.165, 1.54) is 0 Å². The number of pyridine rings is 1. The quantitative estimate of drug-likeness (QED) is 0.815. The summed E-state index contributed by atoms with van der Waals surface area (Å²) in [5.41, 5.74) is 6.13. The minimum atomic E-state index is -0.0631. The Balaban J connectivity index is 2.33. The summed E-state index contributed by atoms with van der Waals surface area (Å²) in [6.45, 7) is 0.359. The van der Waals surface area contributed by atoms with Crippen molar-refractivity contribution in [1.29, 1.82) is 0 Å². The van der Waals surface area contributed by atoms with Gasteiger partial charge in [-0.1, -0.05) is 12.1 Å². The largest absolute Gasteiger partial charge is 0.330 e. The number of carbonyl (C=O) groups excluding carboxylic acids is 1. The molecule has 0 bridgehead atoms. The monoisotopic (exact) mass is 215 g/mol. The number of carbonyl (C=O) groups is 1.